The van der Waals surface area contributed by atoms with Crippen molar-refractivity contribution in [2.75, 3.05) is 0 Å². The molecule has 0 bridgehead atoms. The molecule has 0 aliphatic rings. The molecule has 8 heteroatoms. The van der Waals surface area contributed by atoms with Gasteiger partial charge < -0.3 is 14.4 Å². The maximum absolute atomic E-state index is 12.9. The minimum absolute atomic E-state index is 0.0356. The smallest absolute Gasteiger partial charge is 0.417 e. The van der Waals surface area contributed by atoms with Crippen LogP contribution in [0.3, 0.4) is 0 Å². The van der Waals surface area contributed by atoms with Crippen molar-refractivity contribution in [2.24, 2.45) is 0 Å². The molecule has 2 aromatic heterocycles. The summed E-state index contributed by atoms with van der Waals surface area (Å²) < 4.78 is 46.4. The second-order valence-electron chi connectivity index (χ2n) is 9.17. The number of aromatic nitrogens is 2. The number of hydrogen-bond donors (Lipinski definition) is 1. The van der Waals surface area contributed by atoms with Gasteiger partial charge in [0, 0.05) is 29.0 Å². The second-order valence-corrected chi connectivity index (χ2v) is 9.17. The van der Waals surface area contributed by atoms with Gasteiger partial charge in [0.05, 0.1) is 28.3 Å². The van der Waals surface area contributed by atoms with Crippen LogP contribution in [0.4, 0.5) is 13.2 Å². The lowest BCUT2D eigenvalue weighted by Gasteiger charge is -2.18. The summed E-state index contributed by atoms with van der Waals surface area (Å²) in [6.45, 7) is 7.13. The monoisotopic (exact) mass is 482 g/mol. The van der Waals surface area contributed by atoms with Crippen molar-refractivity contribution < 1.29 is 27.8 Å². The molecule has 2 heterocycles. The fourth-order valence-corrected chi connectivity index (χ4v) is 3.91. The van der Waals surface area contributed by atoms with Crippen molar-refractivity contribution in [1.29, 1.82) is 0 Å². The van der Waals surface area contributed by atoms with Crippen LogP contribution in [0.5, 0.6) is 5.75 Å². The Morgan fingerprint density at radius 1 is 1.03 bits per heavy atom. The largest absolute Gasteiger partial charge is 0.491 e. The van der Waals surface area contributed by atoms with Crippen LogP contribution >= 0.6 is 0 Å². The minimum Gasteiger partial charge on any atom is -0.491 e. The normalized spacial score (nSPS) is 12.3. The maximum atomic E-state index is 12.9. The number of carbonyl (C=O) groups is 1. The summed E-state index contributed by atoms with van der Waals surface area (Å²) in [4.78, 5) is 16.1. The zero-order valence-electron chi connectivity index (χ0n) is 19.7. The number of ether oxygens (including phenoxy) is 1. The molecule has 2 aromatic carbocycles. The van der Waals surface area contributed by atoms with E-state index >= 15 is 0 Å². The molecule has 0 aliphatic heterocycles. The number of hydrogen-bond acceptors (Lipinski definition) is 3. The molecule has 5 nitrogen and oxygen atoms in total. The highest BCUT2D eigenvalue weighted by Crippen LogP contribution is 2.37. The lowest BCUT2D eigenvalue weighted by atomic mass is 9.84. The number of carboxylic acids is 1. The molecular weight excluding hydrogens is 457 g/mol. The lowest BCUT2D eigenvalue weighted by Crippen LogP contribution is -2.28. The number of fused-ring (bicyclic) bond motifs is 1. The van der Waals surface area contributed by atoms with Crippen molar-refractivity contribution in [2.45, 2.75) is 45.4 Å². The number of halogens is 3. The quantitative estimate of drug-likeness (QED) is 0.326. The summed E-state index contributed by atoms with van der Waals surface area (Å²) in [6.07, 6.45) is -1.84. The van der Waals surface area contributed by atoms with Gasteiger partial charge in [-0.3, -0.25) is 9.78 Å². The zero-order valence-corrected chi connectivity index (χ0v) is 19.7. The summed E-state index contributed by atoms with van der Waals surface area (Å²) in [6, 6.07) is 15.1. The van der Waals surface area contributed by atoms with Crippen LogP contribution in [0.1, 0.15) is 38.8 Å². The Hall–Kier alpha value is -3.81. The third kappa shape index (κ3) is 4.73. The Bertz CT molecular complexity index is 1370. The van der Waals surface area contributed by atoms with Crippen LogP contribution in [0.25, 0.3) is 27.8 Å². The molecule has 0 fully saturated rings. The highest BCUT2D eigenvalue weighted by molar-refractivity contribution is 5.95. The number of pyridine rings is 1. The summed E-state index contributed by atoms with van der Waals surface area (Å²) in [7, 11) is 0. The first kappa shape index (κ1) is 24.3. The van der Waals surface area contributed by atoms with Crippen molar-refractivity contribution in [3.8, 4) is 22.7 Å². The van der Waals surface area contributed by atoms with E-state index in [2.05, 4.69) is 4.98 Å². The number of nitrogens with zero attached hydrogens (tertiary/aromatic N) is 2. The van der Waals surface area contributed by atoms with Gasteiger partial charge in [-0.1, -0.05) is 6.07 Å². The standard InChI is InChI=1S/C27H25F3N2O3/c1-16(2)35-20-9-7-19(8-10-20)32-15-22(26(3,4)25(33)34)21-13-17(5-12-24(21)32)23-11-6-18(14-31-23)27(28,29)30/h5-16H,1-4H3,(H,33,34). The molecule has 0 aliphatic carbocycles. The second kappa shape index (κ2) is 8.76. The fourth-order valence-electron chi connectivity index (χ4n) is 3.91. The number of alkyl halides is 3. The molecule has 1 N–H and O–H groups in total. The van der Waals surface area contributed by atoms with Crippen LogP contribution < -0.4 is 4.74 Å². The van der Waals surface area contributed by atoms with Gasteiger partial charge >= 0.3 is 12.1 Å². The molecule has 4 rings (SSSR count). The lowest BCUT2D eigenvalue weighted by molar-refractivity contribution is -0.142. The molecular formula is C27H25F3N2O3. The minimum atomic E-state index is -4.47. The Balaban J connectivity index is 1.85. The molecule has 4 aromatic rings. The van der Waals surface area contributed by atoms with Crippen LogP contribution in [0, 0.1) is 0 Å². The van der Waals surface area contributed by atoms with Crippen molar-refractivity contribution >= 4 is 16.9 Å². The van der Waals surface area contributed by atoms with Crippen LogP contribution in [0.2, 0.25) is 0 Å². The molecule has 0 amide bonds. The van der Waals surface area contributed by atoms with Gasteiger partial charge in [-0.05, 0) is 81.8 Å². The average molecular weight is 483 g/mol. The van der Waals surface area contributed by atoms with Crippen molar-refractivity contribution in [3.63, 3.8) is 0 Å². The van der Waals surface area contributed by atoms with Crippen molar-refractivity contribution in [3.05, 3.63) is 78.1 Å². The van der Waals surface area contributed by atoms with E-state index in [1.807, 2.05) is 48.7 Å². The number of aliphatic carboxylic acids is 1. The summed E-state index contributed by atoms with van der Waals surface area (Å²) in [5, 5.41) is 10.6. The van der Waals surface area contributed by atoms with E-state index in [1.54, 1.807) is 32.2 Å². The van der Waals surface area contributed by atoms with Gasteiger partial charge in [0.25, 0.3) is 0 Å². The van der Waals surface area contributed by atoms with Gasteiger partial charge in [0.15, 0.2) is 0 Å². The third-order valence-electron chi connectivity index (χ3n) is 5.89. The fraction of sp³-hybridized carbons (Fsp3) is 0.259. The highest BCUT2D eigenvalue weighted by Gasteiger charge is 2.33. The molecule has 35 heavy (non-hydrogen) atoms. The van der Waals surface area contributed by atoms with E-state index in [1.165, 1.54) is 6.07 Å². The Morgan fingerprint density at radius 3 is 2.26 bits per heavy atom. The maximum Gasteiger partial charge on any atom is 0.417 e. The van der Waals surface area contributed by atoms with Gasteiger partial charge in [-0.2, -0.15) is 13.2 Å². The molecule has 0 radical (unpaired) electrons. The zero-order chi connectivity index (χ0) is 25.5. The Kier molecular flexibility index (Phi) is 6.09. The first-order chi connectivity index (χ1) is 16.4. The molecule has 0 saturated heterocycles. The van der Waals surface area contributed by atoms with Crippen LogP contribution in [-0.4, -0.2) is 26.7 Å². The van der Waals surface area contributed by atoms with Crippen molar-refractivity contribution in [1.82, 2.24) is 9.55 Å². The first-order valence-electron chi connectivity index (χ1n) is 11.1. The number of benzene rings is 2. The average Bonchev–Trinajstić information content (AvgIpc) is 3.18. The van der Waals surface area contributed by atoms with Crippen LogP contribution in [0.15, 0.2) is 67.0 Å². The third-order valence-corrected chi connectivity index (χ3v) is 5.89. The molecule has 0 saturated carbocycles. The van der Waals surface area contributed by atoms with Gasteiger partial charge in [0.2, 0.25) is 0 Å². The van der Waals surface area contributed by atoms with E-state index in [9.17, 15) is 23.1 Å². The number of rotatable bonds is 6. The Labute approximate surface area is 200 Å². The van der Waals surface area contributed by atoms with Gasteiger partial charge in [-0.25, -0.2) is 0 Å². The van der Waals surface area contributed by atoms with Crippen LogP contribution in [-0.2, 0) is 16.4 Å². The first-order valence-corrected chi connectivity index (χ1v) is 11.1. The predicted molar refractivity (Wildman–Crippen MR) is 128 cm³/mol. The van der Waals surface area contributed by atoms with E-state index in [0.29, 0.717) is 22.2 Å². The summed E-state index contributed by atoms with van der Waals surface area (Å²) in [5.41, 5.74) is 1.08. The van der Waals surface area contributed by atoms with E-state index in [-0.39, 0.29) is 6.10 Å². The van der Waals surface area contributed by atoms with E-state index in [4.69, 9.17) is 4.74 Å². The molecule has 182 valence electrons. The van der Waals surface area contributed by atoms with E-state index < -0.39 is 23.1 Å². The molecule has 0 spiro atoms. The van der Waals surface area contributed by atoms with Gasteiger partial charge in [0.1, 0.15) is 5.75 Å². The molecule has 0 unspecified atom stereocenters. The predicted octanol–water partition coefficient (Wildman–Crippen LogP) is 6.86. The number of carboxylic acid groups (broad SMARTS) is 1. The SMILES string of the molecule is CC(C)Oc1ccc(-n2cc(C(C)(C)C(=O)O)c3cc(-c4ccc(C(F)(F)F)cn4)ccc32)cc1. The Morgan fingerprint density at radius 2 is 1.71 bits per heavy atom. The van der Waals surface area contributed by atoms with E-state index in [0.717, 1.165) is 29.2 Å². The summed E-state index contributed by atoms with van der Waals surface area (Å²) in [5.74, 6) is -0.266. The molecule has 0 atom stereocenters. The summed E-state index contributed by atoms with van der Waals surface area (Å²) >= 11 is 0. The van der Waals surface area contributed by atoms with Gasteiger partial charge in [-0.15, -0.1) is 0 Å². The topological polar surface area (TPSA) is 64.3 Å². The highest BCUT2D eigenvalue weighted by atomic mass is 19.4.